The van der Waals surface area contributed by atoms with Gasteiger partial charge < -0.3 is 14.4 Å². The van der Waals surface area contributed by atoms with Crippen molar-refractivity contribution in [2.45, 2.75) is 37.8 Å². The second-order valence-electron chi connectivity index (χ2n) is 9.91. The van der Waals surface area contributed by atoms with Crippen LogP contribution in [0.4, 0.5) is 4.39 Å². The van der Waals surface area contributed by atoms with E-state index < -0.39 is 0 Å². The van der Waals surface area contributed by atoms with E-state index in [0.29, 0.717) is 17.7 Å². The first-order chi connectivity index (χ1) is 17.4. The van der Waals surface area contributed by atoms with Crippen LogP contribution < -0.4 is 10.4 Å². The lowest BCUT2D eigenvalue weighted by Gasteiger charge is -2.14. The van der Waals surface area contributed by atoms with E-state index in [0.717, 1.165) is 60.0 Å². The van der Waals surface area contributed by atoms with Crippen LogP contribution in [-0.4, -0.2) is 59.5 Å². The number of methoxy groups -OCH3 is 1. The molecular formula is C28H33FN4O3. The van der Waals surface area contributed by atoms with Crippen molar-refractivity contribution in [3.05, 3.63) is 58.9 Å². The number of pyridine rings is 1. The highest BCUT2D eigenvalue weighted by atomic mass is 19.1. The number of benzene rings is 2. The minimum Gasteiger partial charge on any atom is -0.494 e. The summed E-state index contributed by atoms with van der Waals surface area (Å²) in [6.07, 6.45) is 5.30. The average Bonchev–Trinajstić information content (AvgIpc) is 3.44. The van der Waals surface area contributed by atoms with Crippen molar-refractivity contribution in [1.82, 2.24) is 19.0 Å². The fraction of sp³-hybridized carbons (Fsp3) is 0.429. The lowest BCUT2D eigenvalue weighted by Crippen LogP contribution is -2.25. The Bertz CT molecular complexity index is 1440. The topological polar surface area (TPSA) is 61.5 Å². The predicted octanol–water partition coefficient (Wildman–Crippen LogP) is 4.76. The number of hydrogen-bond donors (Lipinski definition) is 0. The van der Waals surface area contributed by atoms with Gasteiger partial charge in [-0.1, -0.05) is 12.1 Å². The highest BCUT2D eigenvalue weighted by molar-refractivity contribution is 6.04. The number of rotatable bonds is 8. The van der Waals surface area contributed by atoms with Gasteiger partial charge in [0, 0.05) is 43.8 Å². The van der Waals surface area contributed by atoms with E-state index in [1.807, 2.05) is 49.0 Å². The summed E-state index contributed by atoms with van der Waals surface area (Å²) in [6, 6.07) is 10.8. The fourth-order valence-corrected chi connectivity index (χ4v) is 5.28. The van der Waals surface area contributed by atoms with Crippen LogP contribution in [0, 0.1) is 5.82 Å². The molecule has 36 heavy (non-hydrogen) atoms. The SMILES string of the molecule is CO[C@@H]1CC[C@H](n2c(=O)n(C)c3cnc4cc(F)c(-c5ccc(OCCCN(C)C)cc5)cc4c32)C1. The van der Waals surface area contributed by atoms with Crippen molar-refractivity contribution in [1.29, 1.82) is 0 Å². The van der Waals surface area contributed by atoms with Crippen LogP contribution >= 0.6 is 0 Å². The molecule has 8 heteroatoms. The molecule has 4 aromatic rings. The van der Waals surface area contributed by atoms with E-state index in [9.17, 15) is 4.79 Å². The van der Waals surface area contributed by atoms with Gasteiger partial charge in [-0.15, -0.1) is 0 Å². The number of halogens is 1. The molecule has 0 saturated heterocycles. The monoisotopic (exact) mass is 492 g/mol. The predicted molar refractivity (Wildman–Crippen MR) is 140 cm³/mol. The number of hydrogen-bond acceptors (Lipinski definition) is 5. The molecule has 0 amide bonds. The summed E-state index contributed by atoms with van der Waals surface area (Å²) in [4.78, 5) is 19.9. The van der Waals surface area contributed by atoms with Gasteiger partial charge in [-0.25, -0.2) is 9.18 Å². The van der Waals surface area contributed by atoms with Gasteiger partial charge in [0.2, 0.25) is 0 Å². The van der Waals surface area contributed by atoms with Crippen molar-refractivity contribution in [2.24, 2.45) is 7.05 Å². The van der Waals surface area contributed by atoms with Gasteiger partial charge in [0.25, 0.3) is 0 Å². The van der Waals surface area contributed by atoms with Crippen molar-refractivity contribution >= 4 is 21.9 Å². The largest absolute Gasteiger partial charge is 0.494 e. The molecule has 1 fully saturated rings. The molecule has 0 spiro atoms. The third-order valence-electron chi connectivity index (χ3n) is 7.24. The number of imidazole rings is 1. The molecule has 0 N–H and O–H groups in total. The molecule has 2 atom stereocenters. The minimum atomic E-state index is -0.348. The van der Waals surface area contributed by atoms with E-state index in [1.54, 1.807) is 24.9 Å². The van der Waals surface area contributed by atoms with E-state index in [4.69, 9.17) is 9.47 Å². The maximum atomic E-state index is 15.2. The Hall–Kier alpha value is -3.23. The van der Waals surface area contributed by atoms with Crippen LogP contribution in [0.3, 0.4) is 0 Å². The molecule has 1 aliphatic rings. The van der Waals surface area contributed by atoms with E-state index in [-0.39, 0.29) is 23.7 Å². The van der Waals surface area contributed by atoms with Gasteiger partial charge in [-0.2, -0.15) is 0 Å². The Balaban J connectivity index is 1.54. The first-order valence-electron chi connectivity index (χ1n) is 12.5. The highest BCUT2D eigenvalue weighted by Gasteiger charge is 2.30. The molecule has 0 aliphatic heterocycles. The average molecular weight is 493 g/mol. The van der Waals surface area contributed by atoms with Gasteiger partial charge in [-0.3, -0.25) is 14.1 Å². The molecule has 7 nitrogen and oxygen atoms in total. The van der Waals surface area contributed by atoms with Gasteiger partial charge >= 0.3 is 5.69 Å². The number of aryl methyl sites for hydroxylation is 1. The molecule has 2 aromatic heterocycles. The lowest BCUT2D eigenvalue weighted by molar-refractivity contribution is 0.106. The zero-order valence-electron chi connectivity index (χ0n) is 21.3. The first kappa shape index (κ1) is 24.5. The molecule has 1 saturated carbocycles. The third kappa shape index (κ3) is 4.51. The quantitative estimate of drug-likeness (QED) is 0.332. The van der Waals surface area contributed by atoms with Crippen LogP contribution in [0.5, 0.6) is 5.75 Å². The number of aromatic nitrogens is 3. The lowest BCUT2D eigenvalue weighted by atomic mass is 10.0. The van der Waals surface area contributed by atoms with Crippen LogP contribution in [0.15, 0.2) is 47.4 Å². The molecule has 0 bridgehead atoms. The molecule has 0 unspecified atom stereocenters. The summed E-state index contributed by atoms with van der Waals surface area (Å²) in [7, 11) is 7.55. The summed E-state index contributed by atoms with van der Waals surface area (Å²) in [5.74, 6) is 0.410. The highest BCUT2D eigenvalue weighted by Crippen LogP contribution is 2.36. The van der Waals surface area contributed by atoms with Gasteiger partial charge in [0.05, 0.1) is 35.5 Å². The Kier molecular flexibility index (Phi) is 6.81. The molecule has 2 aromatic carbocycles. The minimum absolute atomic E-state index is 0.0363. The van der Waals surface area contributed by atoms with E-state index in [2.05, 4.69) is 9.88 Å². The smallest absolute Gasteiger partial charge is 0.329 e. The van der Waals surface area contributed by atoms with Crippen LogP contribution in [-0.2, 0) is 11.8 Å². The van der Waals surface area contributed by atoms with Crippen LogP contribution in [0.2, 0.25) is 0 Å². The van der Waals surface area contributed by atoms with Crippen LogP contribution in [0.1, 0.15) is 31.7 Å². The van der Waals surface area contributed by atoms with Gasteiger partial charge in [-0.05, 0) is 63.5 Å². The third-order valence-corrected chi connectivity index (χ3v) is 7.24. The standard InChI is InChI=1S/C28H33FN4O3/c1-31(2)12-5-13-36-20-9-6-18(7-10-20)22-15-23-25(16-24(22)29)30-17-26-27(23)33(28(34)32(26)3)19-8-11-21(14-19)35-4/h6-7,9-10,15-17,19,21H,5,8,11-14H2,1-4H3/t19-,21+/m0/s1. The van der Waals surface area contributed by atoms with Gasteiger partial charge in [0.15, 0.2) is 0 Å². The molecule has 2 heterocycles. The Morgan fingerprint density at radius 3 is 2.64 bits per heavy atom. The second-order valence-corrected chi connectivity index (χ2v) is 9.91. The molecule has 0 radical (unpaired) electrons. The van der Waals surface area contributed by atoms with E-state index >= 15 is 4.39 Å². The van der Waals surface area contributed by atoms with Crippen LogP contribution in [0.25, 0.3) is 33.1 Å². The van der Waals surface area contributed by atoms with Crippen molar-refractivity contribution in [3.8, 4) is 16.9 Å². The normalized spacial score (nSPS) is 18.1. The second kappa shape index (κ2) is 10.0. The Morgan fingerprint density at radius 1 is 1.17 bits per heavy atom. The number of ether oxygens (including phenoxy) is 2. The van der Waals surface area contributed by atoms with E-state index in [1.165, 1.54) is 6.07 Å². The van der Waals surface area contributed by atoms with Crippen molar-refractivity contribution < 1.29 is 13.9 Å². The Labute approximate surface area is 210 Å². The summed E-state index contributed by atoms with van der Waals surface area (Å²) in [5, 5.41) is 0.770. The zero-order valence-corrected chi connectivity index (χ0v) is 21.3. The summed E-state index contributed by atoms with van der Waals surface area (Å²) in [6.45, 7) is 1.59. The molecular weight excluding hydrogens is 459 g/mol. The van der Waals surface area contributed by atoms with Crippen molar-refractivity contribution in [2.75, 3.05) is 34.4 Å². The van der Waals surface area contributed by atoms with Crippen molar-refractivity contribution in [3.63, 3.8) is 0 Å². The summed E-state index contributed by atoms with van der Waals surface area (Å²) in [5.41, 5.74) is 3.22. The Morgan fingerprint density at radius 2 is 1.94 bits per heavy atom. The summed E-state index contributed by atoms with van der Waals surface area (Å²) >= 11 is 0. The molecule has 5 rings (SSSR count). The fourth-order valence-electron chi connectivity index (χ4n) is 5.28. The maximum absolute atomic E-state index is 15.2. The number of nitrogens with zero attached hydrogens (tertiary/aromatic N) is 4. The first-order valence-corrected chi connectivity index (χ1v) is 12.5. The van der Waals surface area contributed by atoms with Gasteiger partial charge in [0.1, 0.15) is 11.6 Å². The maximum Gasteiger partial charge on any atom is 0.329 e. The summed E-state index contributed by atoms with van der Waals surface area (Å²) < 4.78 is 30.1. The molecule has 1 aliphatic carbocycles. The number of fused-ring (bicyclic) bond motifs is 3. The molecule has 190 valence electrons. The zero-order chi connectivity index (χ0) is 25.4.